The Morgan fingerprint density at radius 3 is 2.40 bits per heavy atom. The van der Waals surface area contributed by atoms with E-state index in [1.54, 1.807) is 24.3 Å². The van der Waals surface area contributed by atoms with Crippen LogP contribution < -0.4 is 5.32 Å². The number of nitrogens with zero attached hydrogens (tertiary/aromatic N) is 1. The monoisotopic (exact) mass is 386 g/mol. The fraction of sp³-hybridized carbons (Fsp3) is 0. The van der Waals surface area contributed by atoms with Gasteiger partial charge in [-0.05, 0) is 52.9 Å². The molecule has 0 aliphatic rings. The van der Waals surface area contributed by atoms with Gasteiger partial charge in [0.1, 0.15) is 0 Å². The van der Waals surface area contributed by atoms with Crippen molar-refractivity contribution >= 4 is 39.9 Å². The van der Waals surface area contributed by atoms with E-state index in [2.05, 4.69) is 27.9 Å². The average molecular weight is 386 g/mol. The van der Waals surface area contributed by atoms with Crippen molar-refractivity contribution < 1.29 is 14.1 Å². The predicted octanol–water partition coefficient (Wildman–Crippen LogP) is 3.59. The first-order chi connectivity index (χ1) is 9.47. The molecule has 0 heterocycles. The zero-order chi connectivity index (χ0) is 14.7. The number of hydrogen-bond acceptors (Lipinski definition) is 3. The van der Waals surface area contributed by atoms with E-state index in [0.29, 0.717) is 5.56 Å². The minimum absolute atomic E-state index is 0.0980. The predicted molar refractivity (Wildman–Crippen MR) is 80.2 cm³/mol. The smallest absolute Gasteiger partial charge is 0.272 e. The van der Waals surface area contributed by atoms with E-state index in [-0.39, 0.29) is 11.4 Å². The summed E-state index contributed by atoms with van der Waals surface area (Å²) >= 11 is 2.10. The number of hydrogen-bond donors (Lipinski definition) is 1. The van der Waals surface area contributed by atoms with Crippen LogP contribution >= 0.6 is 22.6 Å². The van der Waals surface area contributed by atoms with E-state index in [1.807, 2.05) is 0 Å². The molecule has 0 spiro atoms. The topological polar surface area (TPSA) is 72.2 Å². The maximum atomic E-state index is 13.6. The van der Waals surface area contributed by atoms with Crippen molar-refractivity contribution in [3.8, 4) is 0 Å². The number of rotatable bonds is 3. The number of amides is 1. The van der Waals surface area contributed by atoms with Crippen LogP contribution in [0.4, 0.5) is 15.8 Å². The van der Waals surface area contributed by atoms with Gasteiger partial charge in [-0.15, -0.1) is 0 Å². The molecule has 1 amide bonds. The van der Waals surface area contributed by atoms with Gasteiger partial charge in [-0.25, -0.2) is 4.39 Å². The average Bonchev–Trinajstić information content (AvgIpc) is 2.41. The van der Waals surface area contributed by atoms with Crippen LogP contribution in [0.1, 0.15) is 10.4 Å². The van der Waals surface area contributed by atoms with E-state index < -0.39 is 16.6 Å². The summed E-state index contributed by atoms with van der Waals surface area (Å²) in [5, 5.41) is 12.9. The number of nitro groups is 1. The molecule has 0 saturated heterocycles. The number of benzene rings is 2. The van der Waals surface area contributed by atoms with Gasteiger partial charge in [0, 0.05) is 15.2 Å². The van der Waals surface area contributed by atoms with Gasteiger partial charge in [0.15, 0.2) is 5.82 Å². The fourth-order valence-electron chi connectivity index (χ4n) is 1.51. The van der Waals surface area contributed by atoms with Crippen LogP contribution in [0.15, 0.2) is 42.5 Å². The highest BCUT2D eigenvalue weighted by molar-refractivity contribution is 14.1. The second-order valence-corrected chi connectivity index (χ2v) is 5.13. The van der Waals surface area contributed by atoms with Crippen molar-refractivity contribution in [3.63, 3.8) is 0 Å². The molecule has 0 atom stereocenters. The molecule has 0 bridgehead atoms. The minimum Gasteiger partial charge on any atom is -0.319 e. The first-order valence-corrected chi connectivity index (χ1v) is 6.56. The van der Waals surface area contributed by atoms with Crippen molar-refractivity contribution in [2.45, 2.75) is 0 Å². The number of non-ortho nitro benzene ring substituents is 1. The van der Waals surface area contributed by atoms with Crippen molar-refractivity contribution in [3.05, 3.63) is 67.5 Å². The number of nitro benzene ring substituents is 1. The summed E-state index contributed by atoms with van der Waals surface area (Å²) in [4.78, 5) is 21.7. The molecule has 2 rings (SSSR count). The van der Waals surface area contributed by atoms with E-state index in [0.717, 1.165) is 21.8 Å². The third kappa shape index (κ3) is 3.29. The van der Waals surface area contributed by atoms with Gasteiger partial charge >= 0.3 is 0 Å². The molecule has 5 nitrogen and oxygen atoms in total. The molecule has 0 aliphatic carbocycles. The van der Waals surface area contributed by atoms with Gasteiger partial charge in [0.2, 0.25) is 0 Å². The lowest BCUT2D eigenvalue weighted by Gasteiger charge is -2.06. The van der Waals surface area contributed by atoms with E-state index in [1.165, 1.54) is 0 Å². The van der Waals surface area contributed by atoms with E-state index in [9.17, 15) is 19.3 Å². The van der Waals surface area contributed by atoms with Crippen molar-refractivity contribution in [1.29, 1.82) is 0 Å². The lowest BCUT2D eigenvalue weighted by atomic mass is 10.2. The molecule has 0 radical (unpaired) electrons. The lowest BCUT2D eigenvalue weighted by Crippen LogP contribution is -2.13. The third-order valence-corrected chi connectivity index (χ3v) is 3.24. The lowest BCUT2D eigenvalue weighted by molar-refractivity contribution is -0.385. The highest BCUT2D eigenvalue weighted by Gasteiger charge is 2.13. The highest BCUT2D eigenvalue weighted by atomic mass is 127. The number of carbonyl (C=O) groups excluding carboxylic acids is 1. The molecule has 2 aromatic carbocycles. The van der Waals surface area contributed by atoms with Crippen molar-refractivity contribution in [1.82, 2.24) is 0 Å². The van der Waals surface area contributed by atoms with Gasteiger partial charge in [0.25, 0.3) is 11.6 Å². The Morgan fingerprint density at radius 1 is 1.20 bits per heavy atom. The zero-order valence-electron chi connectivity index (χ0n) is 9.97. The van der Waals surface area contributed by atoms with Crippen LogP contribution in [0.25, 0.3) is 0 Å². The van der Waals surface area contributed by atoms with E-state index in [4.69, 9.17) is 0 Å². The maximum absolute atomic E-state index is 13.6. The van der Waals surface area contributed by atoms with Gasteiger partial charge in [-0.2, -0.15) is 0 Å². The van der Waals surface area contributed by atoms with Crippen LogP contribution in [0.5, 0.6) is 0 Å². The largest absolute Gasteiger partial charge is 0.319 e. The molecule has 0 unspecified atom stereocenters. The van der Waals surface area contributed by atoms with Crippen LogP contribution in [0, 0.1) is 19.5 Å². The second-order valence-electron chi connectivity index (χ2n) is 3.88. The first-order valence-electron chi connectivity index (χ1n) is 5.48. The minimum atomic E-state index is -0.849. The number of nitrogens with one attached hydrogen (secondary N) is 1. The summed E-state index contributed by atoms with van der Waals surface area (Å²) in [6.07, 6.45) is 0. The Morgan fingerprint density at radius 2 is 1.85 bits per heavy atom. The fourth-order valence-corrected chi connectivity index (χ4v) is 1.87. The Labute approximate surface area is 127 Å². The van der Waals surface area contributed by atoms with Crippen molar-refractivity contribution in [2.24, 2.45) is 0 Å². The Bertz CT molecular complexity index is 674. The van der Waals surface area contributed by atoms with Crippen LogP contribution in [0.3, 0.4) is 0 Å². The molecule has 0 aromatic heterocycles. The Balaban J connectivity index is 2.19. The SMILES string of the molecule is O=C(Nc1ccc([N+](=O)[O-])cc1F)c1ccc(I)cc1. The number of carbonyl (C=O) groups is 1. The van der Waals surface area contributed by atoms with Crippen LogP contribution in [0.2, 0.25) is 0 Å². The van der Waals surface area contributed by atoms with Gasteiger partial charge in [-0.3, -0.25) is 14.9 Å². The molecule has 0 saturated carbocycles. The van der Waals surface area contributed by atoms with Gasteiger partial charge in [-0.1, -0.05) is 0 Å². The molecule has 2 aromatic rings. The summed E-state index contributed by atoms with van der Waals surface area (Å²) in [5.41, 5.74) is -0.0860. The quantitative estimate of drug-likeness (QED) is 0.498. The summed E-state index contributed by atoms with van der Waals surface area (Å²) in [6, 6.07) is 9.79. The molecule has 20 heavy (non-hydrogen) atoms. The second kappa shape index (κ2) is 5.95. The molecule has 7 heteroatoms. The normalized spacial score (nSPS) is 10.1. The van der Waals surface area contributed by atoms with Gasteiger partial charge in [0.05, 0.1) is 16.7 Å². The molecule has 0 fully saturated rings. The standard InChI is InChI=1S/C13H8FIN2O3/c14-11-7-10(17(19)20)5-6-12(11)16-13(18)8-1-3-9(15)4-2-8/h1-7H,(H,16,18). The summed E-state index contributed by atoms with van der Waals surface area (Å²) in [6.45, 7) is 0. The molecular weight excluding hydrogens is 378 g/mol. The number of halogens is 2. The van der Waals surface area contributed by atoms with Crippen molar-refractivity contribution in [2.75, 3.05) is 5.32 Å². The van der Waals surface area contributed by atoms with Crippen LogP contribution in [-0.2, 0) is 0 Å². The molecule has 102 valence electrons. The summed E-state index contributed by atoms with van der Waals surface area (Å²) in [7, 11) is 0. The highest BCUT2D eigenvalue weighted by Crippen LogP contribution is 2.21. The zero-order valence-corrected chi connectivity index (χ0v) is 12.1. The summed E-state index contributed by atoms with van der Waals surface area (Å²) in [5.74, 6) is -1.33. The molecule has 0 aliphatic heterocycles. The Kier molecular flexibility index (Phi) is 4.28. The van der Waals surface area contributed by atoms with Gasteiger partial charge < -0.3 is 5.32 Å². The summed E-state index contributed by atoms with van der Waals surface area (Å²) < 4.78 is 14.6. The third-order valence-electron chi connectivity index (χ3n) is 2.52. The molecular formula is C13H8FIN2O3. The molecule has 1 N–H and O–H groups in total. The van der Waals surface area contributed by atoms with E-state index >= 15 is 0 Å². The number of anilines is 1. The Hall–Kier alpha value is -2.03. The first kappa shape index (κ1) is 14.4. The maximum Gasteiger partial charge on any atom is 0.272 e. The van der Waals surface area contributed by atoms with Crippen LogP contribution in [-0.4, -0.2) is 10.8 Å².